The van der Waals surface area contributed by atoms with E-state index in [4.69, 9.17) is 34.8 Å². The Morgan fingerprint density at radius 3 is 2.35 bits per heavy atom. The average molecular weight is 326 g/mol. The lowest BCUT2D eigenvalue weighted by Gasteiger charge is -2.35. The molecule has 0 aliphatic carbocycles. The molecule has 0 aromatic carbocycles. The maximum atomic E-state index is 11.7. The van der Waals surface area contributed by atoms with Crippen LogP contribution in [-0.4, -0.2) is 54.4 Å². The lowest BCUT2D eigenvalue weighted by molar-refractivity contribution is -0.244. The Balaban J connectivity index is 1.93. The van der Waals surface area contributed by atoms with Gasteiger partial charge in [0.1, 0.15) is 12.2 Å². The minimum atomic E-state index is -1.43. The zero-order valence-electron chi connectivity index (χ0n) is 14.0. The molecule has 0 N–H and O–H groups in total. The van der Waals surface area contributed by atoms with Gasteiger partial charge in [-0.2, -0.15) is 0 Å². The second-order valence-corrected chi connectivity index (χ2v) is 6.88. The van der Waals surface area contributed by atoms with E-state index in [0.29, 0.717) is 0 Å². The quantitative estimate of drug-likeness (QED) is 0.552. The first-order valence-corrected chi connectivity index (χ1v) is 7.59. The predicted molar refractivity (Wildman–Crippen MR) is 76.9 cm³/mol. The Morgan fingerprint density at radius 2 is 1.83 bits per heavy atom. The van der Waals surface area contributed by atoms with Crippen LogP contribution < -0.4 is 0 Å². The Bertz CT molecular complexity index is 549. The maximum Gasteiger partial charge on any atom is 0.304 e. The molecule has 0 radical (unpaired) electrons. The molecule has 3 aliphatic rings. The van der Waals surface area contributed by atoms with E-state index >= 15 is 0 Å². The molecule has 0 spiro atoms. The van der Waals surface area contributed by atoms with Gasteiger partial charge in [0.15, 0.2) is 24.0 Å². The van der Waals surface area contributed by atoms with Crippen molar-refractivity contribution in [2.24, 2.45) is 0 Å². The molecular weight excluding hydrogens is 304 g/mol. The average Bonchev–Trinajstić information content (AvgIpc) is 3.00. The van der Waals surface area contributed by atoms with Gasteiger partial charge < -0.3 is 28.4 Å². The summed E-state index contributed by atoms with van der Waals surface area (Å²) in [4.78, 5) is 11.7. The topological polar surface area (TPSA) is 72.5 Å². The van der Waals surface area contributed by atoms with Crippen molar-refractivity contribution in [2.75, 3.05) is 6.61 Å². The molecule has 0 unspecified atom stereocenters. The lowest BCUT2D eigenvalue weighted by atomic mass is 9.89. The van der Waals surface area contributed by atoms with E-state index in [0.717, 1.165) is 0 Å². The standard InChI is InChI=1S/C16H22O7/c1-7-16(20-9(2)17)11(10-8-18-14(3,4)21-10)19-13-12(16)22-15(5,6)23-13/h1,10-13H,8H2,2-6H3/t10-,11-,12+,13-,16-/m1/s1. The van der Waals surface area contributed by atoms with E-state index in [1.807, 2.05) is 0 Å². The third-order valence-corrected chi connectivity index (χ3v) is 4.09. The van der Waals surface area contributed by atoms with Crippen molar-refractivity contribution < 1.29 is 33.2 Å². The minimum Gasteiger partial charge on any atom is -0.440 e. The van der Waals surface area contributed by atoms with Gasteiger partial charge in [0.25, 0.3) is 0 Å². The molecule has 3 rings (SSSR count). The van der Waals surface area contributed by atoms with E-state index in [2.05, 4.69) is 5.92 Å². The van der Waals surface area contributed by atoms with Crippen molar-refractivity contribution >= 4 is 5.97 Å². The summed E-state index contributed by atoms with van der Waals surface area (Å²) in [6, 6.07) is 0. The summed E-state index contributed by atoms with van der Waals surface area (Å²) in [6.45, 7) is 8.64. The molecule has 0 saturated carbocycles. The van der Waals surface area contributed by atoms with E-state index in [1.54, 1.807) is 27.7 Å². The van der Waals surface area contributed by atoms with Crippen molar-refractivity contribution in [3.8, 4) is 12.3 Å². The van der Waals surface area contributed by atoms with Crippen molar-refractivity contribution in [3.05, 3.63) is 0 Å². The van der Waals surface area contributed by atoms with Gasteiger partial charge in [-0.1, -0.05) is 5.92 Å². The van der Waals surface area contributed by atoms with Gasteiger partial charge in [0.2, 0.25) is 5.60 Å². The molecule has 0 aromatic rings. The summed E-state index contributed by atoms with van der Waals surface area (Å²) in [5, 5.41) is 0. The van der Waals surface area contributed by atoms with E-state index < -0.39 is 47.7 Å². The minimum absolute atomic E-state index is 0.269. The molecule has 0 amide bonds. The zero-order chi connectivity index (χ0) is 17.0. The molecule has 3 aliphatic heterocycles. The van der Waals surface area contributed by atoms with Crippen LogP contribution in [0.4, 0.5) is 0 Å². The fourth-order valence-corrected chi connectivity index (χ4v) is 3.30. The normalized spacial score (nSPS) is 43.8. The molecule has 128 valence electrons. The number of carbonyl (C=O) groups is 1. The molecule has 3 fully saturated rings. The van der Waals surface area contributed by atoms with Crippen LogP contribution in [0.5, 0.6) is 0 Å². The van der Waals surface area contributed by atoms with Crippen LogP contribution in [0, 0.1) is 12.3 Å². The number of terminal acetylenes is 1. The number of rotatable bonds is 2. The number of esters is 1. The molecule has 3 heterocycles. The summed E-state index contributed by atoms with van der Waals surface area (Å²) in [6.07, 6.45) is 3.03. The lowest BCUT2D eigenvalue weighted by Crippen LogP contribution is -2.55. The summed E-state index contributed by atoms with van der Waals surface area (Å²) in [7, 11) is 0. The number of hydrogen-bond acceptors (Lipinski definition) is 7. The van der Waals surface area contributed by atoms with Crippen molar-refractivity contribution in [2.45, 2.75) is 76.4 Å². The van der Waals surface area contributed by atoms with Crippen LogP contribution in [0.1, 0.15) is 34.6 Å². The summed E-state index contributed by atoms with van der Waals surface area (Å²) < 4.78 is 34.4. The molecular formula is C16H22O7. The smallest absolute Gasteiger partial charge is 0.304 e. The second kappa shape index (κ2) is 5.16. The van der Waals surface area contributed by atoms with E-state index in [-0.39, 0.29) is 6.61 Å². The highest BCUT2D eigenvalue weighted by Crippen LogP contribution is 2.47. The first-order chi connectivity index (χ1) is 10.6. The second-order valence-electron chi connectivity index (χ2n) is 6.88. The fourth-order valence-electron chi connectivity index (χ4n) is 3.30. The highest BCUT2D eigenvalue weighted by atomic mass is 16.9. The highest BCUT2D eigenvalue weighted by molar-refractivity contribution is 5.67. The van der Waals surface area contributed by atoms with Gasteiger partial charge in [-0.05, 0) is 27.7 Å². The van der Waals surface area contributed by atoms with Crippen molar-refractivity contribution in [3.63, 3.8) is 0 Å². The third kappa shape index (κ3) is 2.75. The van der Waals surface area contributed by atoms with Gasteiger partial charge in [-0.15, -0.1) is 6.42 Å². The summed E-state index contributed by atoms with van der Waals surface area (Å²) in [5.41, 5.74) is -1.43. The monoisotopic (exact) mass is 326 g/mol. The Kier molecular flexibility index (Phi) is 3.74. The molecule has 3 saturated heterocycles. The number of ether oxygens (including phenoxy) is 6. The van der Waals surface area contributed by atoms with Gasteiger partial charge in [0.05, 0.1) is 6.61 Å². The molecule has 5 atom stereocenters. The third-order valence-electron chi connectivity index (χ3n) is 4.09. The molecule has 0 aromatic heterocycles. The summed E-state index contributed by atoms with van der Waals surface area (Å²) in [5.74, 6) is 0.399. The van der Waals surface area contributed by atoms with E-state index in [9.17, 15) is 4.79 Å². The first-order valence-electron chi connectivity index (χ1n) is 7.59. The number of carbonyl (C=O) groups excluding carboxylic acids is 1. The SMILES string of the molecule is C#C[C@@]1(OC(C)=O)[C@@H]([C@H]2COC(C)(C)O2)O[C@@H]2OC(C)(C)O[C@@H]21. The van der Waals surface area contributed by atoms with Crippen LogP contribution in [0.25, 0.3) is 0 Å². The maximum absolute atomic E-state index is 11.7. The van der Waals surface area contributed by atoms with Crippen LogP contribution >= 0.6 is 0 Å². The zero-order valence-corrected chi connectivity index (χ0v) is 14.0. The van der Waals surface area contributed by atoms with Gasteiger partial charge >= 0.3 is 5.97 Å². The van der Waals surface area contributed by atoms with E-state index in [1.165, 1.54) is 6.92 Å². The van der Waals surface area contributed by atoms with Crippen LogP contribution in [0.15, 0.2) is 0 Å². The molecule has 0 bridgehead atoms. The highest BCUT2D eigenvalue weighted by Gasteiger charge is 2.68. The van der Waals surface area contributed by atoms with Crippen molar-refractivity contribution in [1.82, 2.24) is 0 Å². The Hall–Kier alpha value is -1.17. The van der Waals surface area contributed by atoms with Crippen molar-refractivity contribution in [1.29, 1.82) is 0 Å². The van der Waals surface area contributed by atoms with Gasteiger partial charge in [-0.25, -0.2) is 0 Å². The number of hydrogen-bond donors (Lipinski definition) is 0. The van der Waals surface area contributed by atoms with Crippen LogP contribution in [0.2, 0.25) is 0 Å². The van der Waals surface area contributed by atoms with Crippen LogP contribution in [0.3, 0.4) is 0 Å². The fraction of sp³-hybridized carbons (Fsp3) is 0.812. The van der Waals surface area contributed by atoms with Gasteiger partial charge in [-0.3, -0.25) is 4.79 Å². The molecule has 23 heavy (non-hydrogen) atoms. The molecule has 7 heteroatoms. The molecule has 7 nitrogen and oxygen atoms in total. The Labute approximate surface area is 135 Å². The van der Waals surface area contributed by atoms with Gasteiger partial charge in [0, 0.05) is 6.92 Å². The first kappa shape index (κ1) is 16.7. The largest absolute Gasteiger partial charge is 0.440 e. The number of fused-ring (bicyclic) bond motifs is 1. The summed E-state index contributed by atoms with van der Waals surface area (Å²) >= 11 is 0. The Morgan fingerprint density at radius 1 is 1.13 bits per heavy atom. The van der Waals surface area contributed by atoms with Crippen LogP contribution in [-0.2, 0) is 33.2 Å². The predicted octanol–water partition coefficient (Wildman–Crippen LogP) is 0.949.